The second-order valence-corrected chi connectivity index (χ2v) is 8.10. The molecule has 1 N–H and O–H groups in total. The van der Waals surface area contributed by atoms with E-state index in [9.17, 15) is 0 Å². The summed E-state index contributed by atoms with van der Waals surface area (Å²) in [5, 5.41) is 9.75. The number of para-hydroxylation sites is 1. The maximum Gasteiger partial charge on any atom is 0.0966 e. The molecule has 0 aliphatic carbocycles. The van der Waals surface area contributed by atoms with Gasteiger partial charge in [0.1, 0.15) is 0 Å². The van der Waals surface area contributed by atoms with Crippen LogP contribution < -0.4 is 10.7 Å². The first kappa shape index (κ1) is 18.7. The molecule has 0 saturated heterocycles. The quantitative estimate of drug-likeness (QED) is 0.359. The van der Waals surface area contributed by atoms with Gasteiger partial charge >= 0.3 is 0 Å². The Hall–Kier alpha value is -4.02. The van der Waals surface area contributed by atoms with Gasteiger partial charge in [-0.3, -0.25) is 5.43 Å². The summed E-state index contributed by atoms with van der Waals surface area (Å²) >= 11 is 6.41. The second kappa shape index (κ2) is 7.59. The van der Waals surface area contributed by atoms with E-state index in [2.05, 4.69) is 64.7 Å². The number of benzene rings is 4. The number of aromatic nitrogens is 1. The minimum absolute atomic E-state index is 0.685. The largest absolute Gasteiger partial charge is 0.262 e. The van der Waals surface area contributed by atoms with E-state index in [1.54, 1.807) is 0 Å². The number of fused-ring (bicyclic) bond motifs is 3. The summed E-state index contributed by atoms with van der Waals surface area (Å²) in [6.07, 6.45) is 2.09. The number of allylic oxidation sites excluding steroid dienone is 1. The van der Waals surface area contributed by atoms with Gasteiger partial charge in [-0.25, -0.2) is 4.68 Å². The third-order valence-corrected chi connectivity index (χ3v) is 5.89. The second-order valence-electron chi connectivity index (χ2n) is 7.67. The zero-order valence-corrected chi connectivity index (χ0v) is 17.9. The third kappa shape index (κ3) is 3.13. The van der Waals surface area contributed by atoms with Crippen LogP contribution in [0.15, 0.2) is 114 Å². The molecule has 4 aromatic carbocycles. The molecule has 5 aromatic rings. The summed E-state index contributed by atoms with van der Waals surface area (Å²) in [5.74, 6) is 0. The van der Waals surface area contributed by atoms with Crippen molar-refractivity contribution >= 4 is 44.8 Å². The number of nitrogens with zero attached hydrogens (tertiary/aromatic N) is 3. The molecule has 1 aliphatic rings. The van der Waals surface area contributed by atoms with Gasteiger partial charge < -0.3 is 0 Å². The Morgan fingerprint density at radius 1 is 0.656 bits per heavy atom. The maximum absolute atomic E-state index is 6.41. The van der Waals surface area contributed by atoms with E-state index in [1.807, 2.05) is 59.8 Å². The molecule has 0 spiro atoms. The van der Waals surface area contributed by atoms with E-state index < -0.39 is 0 Å². The lowest BCUT2D eigenvalue weighted by molar-refractivity contribution is 0.594. The van der Waals surface area contributed by atoms with Crippen LogP contribution >= 0.6 is 11.6 Å². The summed E-state index contributed by atoms with van der Waals surface area (Å²) in [4.78, 5) is 0. The van der Waals surface area contributed by atoms with E-state index in [-0.39, 0.29) is 0 Å². The van der Waals surface area contributed by atoms with Gasteiger partial charge in [0.05, 0.1) is 22.4 Å². The summed E-state index contributed by atoms with van der Waals surface area (Å²) in [6.45, 7) is 0. The van der Waals surface area contributed by atoms with Crippen molar-refractivity contribution in [2.45, 2.75) is 0 Å². The van der Waals surface area contributed by atoms with Gasteiger partial charge in [-0.05, 0) is 29.8 Å². The number of hydrazone groups is 1. The summed E-state index contributed by atoms with van der Waals surface area (Å²) < 4.78 is 2.08. The minimum atomic E-state index is 0.685. The van der Waals surface area contributed by atoms with E-state index in [0.29, 0.717) is 5.02 Å². The first-order chi connectivity index (χ1) is 15.8. The van der Waals surface area contributed by atoms with Crippen LogP contribution in [0.1, 0.15) is 11.1 Å². The lowest BCUT2D eigenvalue weighted by atomic mass is 10.1. The van der Waals surface area contributed by atoms with Crippen LogP contribution in [-0.2, 0) is 0 Å². The molecule has 1 aliphatic heterocycles. The van der Waals surface area contributed by atoms with Crippen molar-refractivity contribution in [1.82, 2.24) is 10.1 Å². The van der Waals surface area contributed by atoms with Crippen molar-refractivity contribution in [1.29, 1.82) is 0 Å². The Balaban J connectivity index is 1.60. The number of hydrogen-bond acceptors (Lipinski definition) is 3. The average Bonchev–Trinajstić information content (AvgIpc) is 3.18. The minimum Gasteiger partial charge on any atom is -0.262 e. The Bertz CT molecular complexity index is 1500. The van der Waals surface area contributed by atoms with Crippen molar-refractivity contribution in [2.24, 2.45) is 5.10 Å². The Kier molecular flexibility index (Phi) is 4.44. The van der Waals surface area contributed by atoms with Crippen LogP contribution in [0.4, 0.5) is 0 Å². The average molecular weight is 435 g/mol. The lowest BCUT2D eigenvalue weighted by Crippen LogP contribution is -2.44. The zero-order valence-electron chi connectivity index (χ0n) is 17.1. The molecule has 32 heavy (non-hydrogen) atoms. The molecule has 1 aromatic heterocycles. The van der Waals surface area contributed by atoms with Crippen molar-refractivity contribution in [3.05, 3.63) is 125 Å². The van der Waals surface area contributed by atoms with Gasteiger partial charge in [-0.2, -0.15) is 0 Å². The topological polar surface area (TPSA) is 32.6 Å². The van der Waals surface area contributed by atoms with E-state index >= 15 is 0 Å². The molecule has 0 bridgehead atoms. The van der Waals surface area contributed by atoms with Crippen LogP contribution in [-0.4, -0.2) is 10.4 Å². The molecule has 6 rings (SSSR count). The van der Waals surface area contributed by atoms with E-state index in [4.69, 9.17) is 16.7 Å². The summed E-state index contributed by atoms with van der Waals surface area (Å²) in [5.41, 5.74) is 9.50. The highest BCUT2D eigenvalue weighted by molar-refractivity contribution is 6.31. The van der Waals surface area contributed by atoms with Crippen molar-refractivity contribution in [3.8, 4) is 0 Å². The number of nitrogens with one attached hydrogen (secondary N) is 1. The molecule has 0 amide bonds. The fourth-order valence-corrected chi connectivity index (χ4v) is 4.34. The van der Waals surface area contributed by atoms with Crippen molar-refractivity contribution < 1.29 is 0 Å². The highest BCUT2D eigenvalue weighted by Gasteiger charge is 2.21. The number of hydrazine groups is 1. The first-order valence-corrected chi connectivity index (χ1v) is 10.8. The molecule has 5 heteroatoms. The standard InChI is InChI=1S/C27H19ClN4/c28-21-15-16-23-22-13-7-8-14-26(22)31(27(23)17-21)32-29-24(19-9-3-1-4-10-19)18-25(30-32)20-11-5-2-6-12-20/h1-18,29H. The smallest absolute Gasteiger partial charge is 0.0966 e. The third-order valence-electron chi connectivity index (χ3n) is 5.66. The molecule has 0 radical (unpaired) electrons. The molecular formula is C27H19ClN4. The summed E-state index contributed by atoms with van der Waals surface area (Å²) in [7, 11) is 0. The van der Waals surface area contributed by atoms with Gasteiger partial charge in [0.15, 0.2) is 0 Å². The molecule has 154 valence electrons. The van der Waals surface area contributed by atoms with Crippen LogP contribution in [0.25, 0.3) is 27.5 Å². The molecule has 2 heterocycles. The van der Waals surface area contributed by atoms with Gasteiger partial charge in [0, 0.05) is 21.4 Å². The fourth-order valence-electron chi connectivity index (χ4n) is 4.17. The lowest BCUT2D eigenvalue weighted by Gasteiger charge is -2.29. The molecular weight excluding hydrogens is 416 g/mol. The monoisotopic (exact) mass is 434 g/mol. The Labute approximate surface area is 190 Å². The predicted octanol–water partition coefficient (Wildman–Crippen LogP) is 6.35. The Morgan fingerprint density at radius 3 is 2.09 bits per heavy atom. The maximum atomic E-state index is 6.41. The molecule has 4 nitrogen and oxygen atoms in total. The van der Waals surface area contributed by atoms with Crippen LogP contribution in [0.3, 0.4) is 0 Å². The predicted molar refractivity (Wildman–Crippen MR) is 133 cm³/mol. The van der Waals surface area contributed by atoms with Crippen LogP contribution in [0, 0.1) is 0 Å². The van der Waals surface area contributed by atoms with Gasteiger partial charge in [0.2, 0.25) is 0 Å². The van der Waals surface area contributed by atoms with Gasteiger partial charge in [0.25, 0.3) is 0 Å². The molecule has 0 atom stereocenters. The van der Waals surface area contributed by atoms with Gasteiger partial charge in [-0.1, -0.05) is 96.5 Å². The molecule has 0 fully saturated rings. The first-order valence-electron chi connectivity index (χ1n) is 10.4. The Morgan fingerprint density at radius 2 is 1.31 bits per heavy atom. The fraction of sp³-hybridized carbons (Fsp3) is 0. The molecule has 0 unspecified atom stereocenters. The SMILES string of the molecule is Clc1ccc2c3ccccc3n(N3N=C(c4ccccc4)C=C(c4ccccc4)N3)c2c1. The van der Waals surface area contributed by atoms with E-state index in [1.165, 1.54) is 0 Å². The van der Waals surface area contributed by atoms with Crippen LogP contribution in [0.5, 0.6) is 0 Å². The van der Waals surface area contributed by atoms with Gasteiger partial charge in [-0.15, -0.1) is 10.3 Å². The highest BCUT2D eigenvalue weighted by atomic mass is 35.5. The van der Waals surface area contributed by atoms with E-state index in [0.717, 1.165) is 44.3 Å². The van der Waals surface area contributed by atoms with Crippen molar-refractivity contribution in [2.75, 3.05) is 5.23 Å². The number of halogens is 1. The number of hydrogen-bond donors (Lipinski definition) is 1. The molecule has 0 saturated carbocycles. The summed E-state index contributed by atoms with van der Waals surface area (Å²) in [6, 6.07) is 34.8. The van der Waals surface area contributed by atoms with Crippen LogP contribution in [0.2, 0.25) is 5.02 Å². The van der Waals surface area contributed by atoms with Crippen molar-refractivity contribution in [3.63, 3.8) is 0 Å². The normalized spacial score (nSPS) is 13.7. The highest BCUT2D eigenvalue weighted by Crippen LogP contribution is 2.32. The number of rotatable bonds is 3. The zero-order chi connectivity index (χ0) is 21.5.